The third kappa shape index (κ3) is 1.74. The van der Waals surface area contributed by atoms with Crippen LogP contribution in [0.2, 0.25) is 0 Å². The van der Waals surface area contributed by atoms with Gasteiger partial charge in [-0.25, -0.2) is 5.11 Å². The van der Waals surface area contributed by atoms with Crippen LogP contribution in [0.15, 0.2) is 0 Å². The zero-order valence-electron chi connectivity index (χ0n) is 6.79. The van der Waals surface area contributed by atoms with E-state index in [-0.39, 0.29) is 6.61 Å². The average molecular weight is 155 g/mol. The van der Waals surface area contributed by atoms with Crippen LogP contribution in [-0.4, -0.2) is 18.8 Å². The van der Waals surface area contributed by atoms with Gasteiger partial charge in [0.1, 0.15) is 0 Å². The first kappa shape index (κ1) is 7.56. The van der Waals surface area contributed by atoms with Gasteiger partial charge in [0.25, 0.3) is 0 Å². The summed E-state index contributed by atoms with van der Waals surface area (Å²) in [5.74, 6) is 0.799. The lowest BCUT2D eigenvalue weighted by atomic mass is 9.86. The van der Waals surface area contributed by atoms with Gasteiger partial charge in [-0.15, -0.1) is 0 Å². The highest BCUT2D eigenvalue weighted by atomic mass is 16.6. The molecule has 0 bridgehead atoms. The van der Waals surface area contributed by atoms with Crippen LogP contribution in [0.1, 0.15) is 32.1 Å². The molecule has 11 heavy (non-hydrogen) atoms. The van der Waals surface area contributed by atoms with Crippen LogP contribution >= 0.6 is 0 Å². The highest BCUT2D eigenvalue weighted by molar-refractivity contribution is 4.91. The second-order valence-electron chi connectivity index (χ2n) is 3.74. The smallest absolute Gasteiger partial charge is 0.0844 e. The Kier molecular flexibility index (Phi) is 2.14. The Balaban J connectivity index is 1.68. The van der Waals surface area contributed by atoms with Gasteiger partial charge in [-0.2, -0.15) is 0 Å². The molecule has 1 saturated carbocycles. The average Bonchev–Trinajstić information content (AvgIpc) is 2.78. The molecular formula is C9H15O2. The van der Waals surface area contributed by atoms with Crippen molar-refractivity contribution in [1.29, 1.82) is 0 Å². The van der Waals surface area contributed by atoms with E-state index in [4.69, 9.17) is 4.74 Å². The molecular weight excluding hydrogens is 140 g/mol. The Morgan fingerprint density at radius 1 is 1.27 bits per heavy atom. The molecule has 0 amide bonds. The van der Waals surface area contributed by atoms with E-state index in [2.05, 4.69) is 0 Å². The second kappa shape index (κ2) is 3.11. The predicted molar refractivity (Wildman–Crippen MR) is 40.8 cm³/mol. The third-order valence-corrected chi connectivity index (χ3v) is 2.87. The fourth-order valence-electron chi connectivity index (χ4n) is 2.12. The lowest BCUT2D eigenvalue weighted by molar-refractivity contribution is 0.176. The van der Waals surface area contributed by atoms with Gasteiger partial charge in [0, 0.05) is 0 Å². The van der Waals surface area contributed by atoms with Crippen molar-refractivity contribution < 1.29 is 9.84 Å². The largest absolute Gasteiger partial charge is 0.370 e. The summed E-state index contributed by atoms with van der Waals surface area (Å²) in [6.45, 7) is 0.103. The summed E-state index contributed by atoms with van der Waals surface area (Å²) in [4.78, 5) is 0. The fraction of sp³-hybridized carbons (Fsp3) is 1.00. The van der Waals surface area contributed by atoms with Gasteiger partial charge in [-0.3, -0.25) is 0 Å². The minimum Gasteiger partial charge on any atom is -0.370 e. The Morgan fingerprint density at radius 3 is 2.91 bits per heavy atom. The number of rotatable bonds is 3. The number of fused-ring (bicyclic) bond motifs is 1. The SMILES string of the molecule is [O]CCCC1CCC2OC2C1. The van der Waals surface area contributed by atoms with E-state index < -0.39 is 0 Å². The highest BCUT2D eigenvalue weighted by Gasteiger charge is 2.43. The minimum atomic E-state index is 0.103. The highest BCUT2D eigenvalue weighted by Crippen LogP contribution is 2.40. The van der Waals surface area contributed by atoms with Gasteiger partial charge in [0.2, 0.25) is 0 Å². The molecule has 1 radical (unpaired) electrons. The standard InChI is InChI=1S/C9H15O2/c10-5-1-2-7-3-4-8-9(6-7)11-8/h7-9H,1-6H2. The van der Waals surface area contributed by atoms with Crippen molar-refractivity contribution in [3.05, 3.63) is 0 Å². The molecule has 1 aliphatic heterocycles. The molecule has 2 aliphatic rings. The summed E-state index contributed by atoms with van der Waals surface area (Å²) in [5, 5.41) is 10.2. The molecule has 2 rings (SSSR count). The minimum absolute atomic E-state index is 0.103. The van der Waals surface area contributed by atoms with Crippen LogP contribution in [0.25, 0.3) is 0 Å². The monoisotopic (exact) mass is 155 g/mol. The van der Waals surface area contributed by atoms with Crippen LogP contribution in [0.4, 0.5) is 0 Å². The molecule has 0 spiro atoms. The van der Waals surface area contributed by atoms with Crippen molar-refractivity contribution in [2.45, 2.75) is 44.3 Å². The maximum Gasteiger partial charge on any atom is 0.0844 e. The first-order valence-electron chi connectivity index (χ1n) is 4.63. The molecule has 2 heteroatoms. The molecule has 3 unspecified atom stereocenters. The van der Waals surface area contributed by atoms with E-state index in [1.165, 1.54) is 19.3 Å². The van der Waals surface area contributed by atoms with Gasteiger partial charge in [-0.1, -0.05) is 0 Å². The van der Waals surface area contributed by atoms with E-state index in [1.807, 2.05) is 0 Å². The Labute approximate surface area is 67.6 Å². The van der Waals surface area contributed by atoms with Gasteiger partial charge < -0.3 is 4.74 Å². The van der Waals surface area contributed by atoms with E-state index in [9.17, 15) is 5.11 Å². The summed E-state index contributed by atoms with van der Waals surface area (Å²) in [7, 11) is 0. The maximum absolute atomic E-state index is 10.2. The fourth-order valence-corrected chi connectivity index (χ4v) is 2.12. The van der Waals surface area contributed by atoms with Crippen LogP contribution < -0.4 is 0 Å². The summed E-state index contributed by atoms with van der Waals surface area (Å²) < 4.78 is 5.41. The quantitative estimate of drug-likeness (QED) is 0.571. The molecule has 0 aromatic heterocycles. The summed E-state index contributed by atoms with van der Waals surface area (Å²) in [6.07, 6.45) is 6.96. The van der Waals surface area contributed by atoms with Gasteiger partial charge >= 0.3 is 0 Å². The molecule has 1 aliphatic carbocycles. The number of hydrogen-bond donors (Lipinski definition) is 0. The first-order valence-corrected chi connectivity index (χ1v) is 4.63. The van der Waals surface area contributed by atoms with Crippen LogP contribution in [0.3, 0.4) is 0 Å². The first-order chi connectivity index (χ1) is 5.40. The number of epoxide rings is 1. The lowest BCUT2D eigenvalue weighted by Gasteiger charge is -2.17. The molecule has 2 fully saturated rings. The van der Waals surface area contributed by atoms with Gasteiger partial charge in [-0.05, 0) is 38.0 Å². The Bertz CT molecular complexity index is 136. The van der Waals surface area contributed by atoms with Gasteiger partial charge in [0.15, 0.2) is 0 Å². The van der Waals surface area contributed by atoms with Gasteiger partial charge in [0.05, 0.1) is 18.8 Å². The van der Waals surface area contributed by atoms with Crippen LogP contribution in [0, 0.1) is 5.92 Å². The van der Waals surface area contributed by atoms with E-state index in [1.54, 1.807) is 0 Å². The van der Waals surface area contributed by atoms with Crippen molar-refractivity contribution in [3.8, 4) is 0 Å². The molecule has 2 nitrogen and oxygen atoms in total. The van der Waals surface area contributed by atoms with Crippen molar-refractivity contribution in [3.63, 3.8) is 0 Å². The molecule has 63 valence electrons. The van der Waals surface area contributed by atoms with Crippen LogP contribution in [0.5, 0.6) is 0 Å². The molecule has 0 N–H and O–H groups in total. The van der Waals surface area contributed by atoms with Crippen molar-refractivity contribution in [1.82, 2.24) is 0 Å². The Hall–Kier alpha value is -0.0800. The van der Waals surface area contributed by atoms with Crippen LogP contribution in [-0.2, 0) is 9.84 Å². The molecule has 1 saturated heterocycles. The second-order valence-corrected chi connectivity index (χ2v) is 3.74. The zero-order valence-corrected chi connectivity index (χ0v) is 6.79. The number of ether oxygens (including phenoxy) is 1. The zero-order chi connectivity index (χ0) is 7.68. The number of hydrogen-bond acceptors (Lipinski definition) is 1. The molecule has 3 atom stereocenters. The molecule has 0 aromatic rings. The van der Waals surface area contributed by atoms with E-state index >= 15 is 0 Å². The predicted octanol–water partition coefficient (Wildman–Crippen LogP) is 1.76. The topological polar surface area (TPSA) is 32.4 Å². The lowest BCUT2D eigenvalue weighted by Crippen LogP contribution is -2.13. The third-order valence-electron chi connectivity index (χ3n) is 2.87. The molecule has 0 aromatic carbocycles. The van der Waals surface area contributed by atoms with E-state index in [0.717, 1.165) is 18.8 Å². The van der Waals surface area contributed by atoms with Crippen molar-refractivity contribution >= 4 is 0 Å². The van der Waals surface area contributed by atoms with E-state index in [0.29, 0.717) is 12.2 Å². The summed E-state index contributed by atoms with van der Waals surface area (Å²) in [5.41, 5.74) is 0. The summed E-state index contributed by atoms with van der Waals surface area (Å²) in [6, 6.07) is 0. The summed E-state index contributed by atoms with van der Waals surface area (Å²) >= 11 is 0. The van der Waals surface area contributed by atoms with Crippen molar-refractivity contribution in [2.75, 3.05) is 6.61 Å². The van der Waals surface area contributed by atoms with Crippen molar-refractivity contribution in [2.24, 2.45) is 5.92 Å². The maximum atomic E-state index is 10.2. The normalized spacial score (nSPS) is 41.7. The Morgan fingerprint density at radius 2 is 2.18 bits per heavy atom. The molecule has 1 heterocycles.